The van der Waals surface area contributed by atoms with Crippen LogP contribution in [-0.4, -0.2) is 39.5 Å². The molecule has 1 N–H and O–H groups in total. The molecule has 1 amide bonds. The number of nitrogens with zero attached hydrogens (tertiary/aromatic N) is 3. The number of nitrogens with one attached hydrogen (secondary N) is 1. The van der Waals surface area contributed by atoms with Crippen LogP contribution in [0.1, 0.15) is 45.9 Å². The van der Waals surface area contributed by atoms with E-state index >= 15 is 0 Å². The van der Waals surface area contributed by atoms with Crippen LogP contribution in [0.25, 0.3) is 11.4 Å². The van der Waals surface area contributed by atoms with Crippen LogP contribution in [0.15, 0.2) is 29.3 Å². The molecule has 0 aromatic carbocycles. The average Bonchev–Trinajstić information content (AvgIpc) is 3.54. The Kier molecular flexibility index (Phi) is 7.90. The lowest BCUT2D eigenvalue weighted by Crippen LogP contribution is -2.16. The molecule has 0 spiro atoms. The number of hydrogen-bond donors (Lipinski definition) is 1. The molecule has 0 aliphatic heterocycles. The molecule has 0 fully saturated rings. The number of aryl methyl sites for hydroxylation is 1. The summed E-state index contributed by atoms with van der Waals surface area (Å²) in [6, 6.07) is 1.77. The minimum Gasteiger partial charge on any atom is -0.465 e. The number of rotatable bonds is 9. The summed E-state index contributed by atoms with van der Waals surface area (Å²) in [7, 11) is 1.34. The van der Waals surface area contributed by atoms with Gasteiger partial charge >= 0.3 is 5.97 Å². The fraction of sp³-hybridized carbons (Fsp3) is 0.417. The first-order valence-corrected chi connectivity index (χ1v) is 13.9. The van der Waals surface area contributed by atoms with Crippen LogP contribution in [0, 0.1) is 5.92 Å². The fourth-order valence-electron chi connectivity index (χ4n) is 4.02. The summed E-state index contributed by atoms with van der Waals surface area (Å²) >= 11 is 4.52. The highest BCUT2D eigenvalue weighted by Gasteiger charge is 2.25. The van der Waals surface area contributed by atoms with E-state index in [0.29, 0.717) is 28.2 Å². The Morgan fingerprint density at radius 1 is 1.41 bits per heavy atom. The van der Waals surface area contributed by atoms with Crippen LogP contribution in [0.3, 0.4) is 0 Å². The van der Waals surface area contributed by atoms with Gasteiger partial charge in [-0.05, 0) is 43.2 Å². The lowest BCUT2D eigenvalue weighted by molar-refractivity contribution is -0.113. The van der Waals surface area contributed by atoms with E-state index in [9.17, 15) is 9.59 Å². The van der Waals surface area contributed by atoms with Gasteiger partial charge in [0, 0.05) is 27.2 Å². The summed E-state index contributed by atoms with van der Waals surface area (Å²) in [5, 5.41) is 15.1. The maximum atomic E-state index is 12.7. The summed E-state index contributed by atoms with van der Waals surface area (Å²) in [4.78, 5) is 27.2. The summed E-state index contributed by atoms with van der Waals surface area (Å²) < 4.78 is 6.87. The summed E-state index contributed by atoms with van der Waals surface area (Å²) in [5.41, 5.74) is 2.91. The first-order chi connectivity index (χ1) is 16.4. The van der Waals surface area contributed by atoms with Crippen molar-refractivity contribution in [3.63, 3.8) is 0 Å². The first-order valence-electron chi connectivity index (χ1n) is 11.2. The lowest BCUT2D eigenvalue weighted by atomic mass is 9.88. The number of hydrogen-bond acceptors (Lipinski definition) is 8. The molecule has 3 aromatic rings. The van der Waals surface area contributed by atoms with Gasteiger partial charge < -0.3 is 10.1 Å². The number of anilines is 1. The van der Waals surface area contributed by atoms with Crippen molar-refractivity contribution >= 4 is 51.3 Å². The van der Waals surface area contributed by atoms with E-state index in [2.05, 4.69) is 34.4 Å². The second-order valence-corrected chi connectivity index (χ2v) is 11.3. The highest BCUT2D eigenvalue weighted by molar-refractivity contribution is 7.99. The van der Waals surface area contributed by atoms with Crippen LogP contribution in [0.4, 0.5) is 5.00 Å². The topological polar surface area (TPSA) is 86.1 Å². The smallest absolute Gasteiger partial charge is 0.340 e. The number of carbonyl (C=O) groups is 2. The molecule has 0 bridgehead atoms. The normalized spacial score (nSPS) is 15.1. The average molecular weight is 517 g/mol. The molecule has 3 aromatic heterocycles. The number of esters is 1. The zero-order valence-electron chi connectivity index (χ0n) is 19.6. The third-order valence-electron chi connectivity index (χ3n) is 5.79. The molecule has 1 atom stereocenters. The number of carbonyl (C=O) groups excluding carboxylic acids is 2. The predicted octanol–water partition coefficient (Wildman–Crippen LogP) is 5.46. The van der Waals surface area contributed by atoms with Crippen molar-refractivity contribution in [3.8, 4) is 11.4 Å². The number of thiophene rings is 2. The molecule has 4 rings (SSSR count). The quantitative estimate of drug-likeness (QED) is 0.231. The molecule has 10 heteroatoms. The molecule has 1 aliphatic rings. The molecule has 1 unspecified atom stereocenters. The Morgan fingerprint density at radius 2 is 2.24 bits per heavy atom. The van der Waals surface area contributed by atoms with Gasteiger partial charge in [-0.25, -0.2) is 4.79 Å². The van der Waals surface area contributed by atoms with Crippen molar-refractivity contribution in [1.82, 2.24) is 14.8 Å². The molecular formula is C24H28N4O3S3. The van der Waals surface area contributed by atoms with Crippen molar-refractivity contribution < 1.29 is 14.3 Å². The van der Waals surface area contributed by atoms with Gasteiger partial charge in [0.2, 0.25) is 5.91 Å². The number of ether oxygens (including phenoxy) is 1. The van der Waals surface area contributed by atoms with Gasteiger partial charge in [-0.3, -0.25) is 9.36 Å². The van der Waals surface area contributed by atoms with E-state index in [1.165, 1.54) is 47.1 Å². The monoisotopic (exact) mass is 516 g/mol. The number of allylic oxidation sites excluding steroid dienone is 1. The lowest BCUT2D eigenvalue weighted by Gasteiger charge is -2.19. The van der Waals surface area contributed by atoms with E-state index in [1.54, 1.807) is 17.4 Å². The van der Waals surface area contributed by atoms with Crippen LogP contribution in [-0.2, 0) is 35.3 Å². The Labute approximate surface area is 211 Å². The second kappa shape index (κ2) is 10.9. The van der Waals surface area contributed by atoms with Gasteiger partial charge in [0.15, 0.2) is 11.0 Å². The van der Waals surface area contributed by atoms with Gasteiger partial charge in [-0.15, -0.1) is 39.4 Å². The van der Waals surface area contributed by atoms with E-state index < -0.39 is 5.97 Å². The standard InChI is InChI=1S/C24H28N4O3S3/c1-5-9-28-21(18-12-32-19-10-14(3)7-8-16(18)19)26-27-24(28)33-13-20(29)25-22-17(23(30)31-4)11-15(6-2)34-22/h5,11-12,14H,1,6-10,13H2,2-4H3,(H,25,29). The molecule has 0 saturated carbocycles. The van der Waals surface area contributed by atoms with Crippen molar-refractivity contribution in [2.75, 3.05) is 18.2 Å². The van der Waals surface area contributed by atoms with Crippen LogP contribution in [0.5, 0.6) is 0 Å². The zero-order valence-corrected chi connectivity index (χ0v) is 22.0. The zero-order chi connectivity index (χ0) is 24.2. The fourth-order valence-corrected chi connectivity index (χ4v) is 7.01. The van der Waals surface area contributed by atoms with Crippen LogP contribution in [0.2, 0.25) is 0 Å². The molecule has 0 saturated heterocycles. The largest absolute Gasteiger partial charge is 0.465 e. The van der Waals surface area contributed by atoms with Crippen molar-refractivity contribution in [3.05, 3.63) is 45.0 Å². The number of thioether (sulfide) groups is 1. The third-order valence-corrected chi connectivity index (χ3v) is 9.01. The van der Waals surface area contributed by atoms with E-state index in [0.717, 1.165) is 35.5 Å². The van der Waals surface area contributed by atoms with Crippen LogP contribution < -0.4 is 5.32 Å². The van der Waals surface area contributed by atoms with Crippen molar-refractivity contribution in [2.45, 2.75) is 51.2 Å². The van der Waals surface area contributed by atoms with E-state index in [-0.39, 0.29) is 11.7 Å². The summed E-state index contributed by atoms with van der Waals surface area (Å²) in [6.45, 7) is 8.75. The molecular weight excluding hydrogens is 488 g/mol. The van der Waals surface area contributed by atoms with Gasteiger partial charge in [0.25, 0.3) is 0 Å². The number of fused-ring (bicyclic) bond motifs is 1. The molecule has 7 nitrogen and oxygen atoms in total. The maximum Gasteiger partial charge on any atom is 0.340 e. The highest BCUT2D eigenvalue weighted by Crippen LogP contribution is 2.38. The first kappa shape index (κ1) is 24.7. The SMILES string of the molecule is C=CCn1c(SCC(=O)Nc2sc(CC)cc2C(=O)OC)nnc1-c1csc2c1CCC(C)C2. The van der Waals surface area contributed by atoms with Gasteiger partial charge in [0.1, 0.15) is 5.00 Å². The predicted molar refractivity (Wildman–Crippen MR) is 139 cm³/mol. The third kappa shape index (κ3) is 5.13. The molecule has 1 aliphatic carbocycles. The van der Waals surface area contributed by atoms with Gasteiger partial charge in [-0.1, -0.05) is 31.7 Å². The van der Waals surface area contributed by atoms with Crippen molar-refractivity contribution in [2.24, 2.45) is 5.92 Å². The Hall–Kier alpha value is -2.43. The molecule has 34 heavy (non-hydrogen) atoms. The second-order valence-electron chi connectivity index (χ2n) is 8.24. The van der Waals surface area contributed by atoms with Gasteiger partial charge in [0.05, 0.1) is 18.4 Å². The Bertz CT molecular complexity index is 1210. The van der Waals surface area contributed by atoms with E-state index in [4.69, 9.17) is 4.74 Å². The molecule has 0 radical (unpaired) electrons. The summed E-state index contributed by atoms with van der Waals surface area (Å²) in [5.74, 6) is 1.02. The number of methoxy groups -OCH3 is 1. The Balaban J connectivity index is 1.50. The Morgan fingerprint density at radius 3 is 2.97 bits per heavy atom. The summed E-state index contributed by atoms with van der Waals surface area (Å²) in [6.07, 6.45) is 5.96. The number of amides is 1. The maximum absolute atomic E-state index is 12.7. The molecule has 180 valence electrons. The highest BCUT2D eigenvalue weighted by atomic mass is 32.2. The number of aromatic nitrogens is 3. The van der Waals surface area contributed by atoms with E-state index in [1.807, 2.05) is 17.6 Å². The minimum absolute atomic E-state index is 0.147. The van der Waals surface area contributed by atoms with Crippen LogP contribution >= 0.6 is 34.4 Å². The van der Waals surface area contributed by atoms with Crippen molar-refractivity contribution in [1.29, 1.82) is 0 Å². The minimum atomic E-state index is -0.456. The molecule has 3 heterocycles. The van der Waals surface area contributed by atoms with Gasteiger partial charge in [-0.2, -0.15) is 0 Å².